The largest absolute Gasteiger partial charge is 0.296 e. The molecule has 8 heteroatoms. The average molecular weight is 269 g/mol. The fourth-order valence-electron chi connectivity index (χ4n) is 1.17. The fourth-order valence-corrected chi connectivity index (χ4v) is 3.06. The summed E-state index contributed by atoms with van der Waals surface area (Å²) >= 11 is 6.20. The van der Waals surface area contributed by atoms with Crippen molar-refractivity contribution in [2.45, 2.75) is 18.6 Å². The summed E-state index contributed by atoms with van der Waals surface area (Å²) in [6.45, 7) is 1.80. The highest BCUT2D eigenvalue weighted by atomic mass is 32.2. The Morgan fingerprint density at radius 2 is 2.20 bits per heavy atom. The van der Waals surface area contributed by atoms with Crippen molar-refractivity contribution in [2.24, 2.45) is 0 Å². The van der Waals surface area contributed by atoms with E-state index in [1.54, 1.807) is 0 Å². The summed E-state index contributed by atoms with van der Waals surface area (Å²) in [4.78, 5) is 12.8. The van der Waals surface area contributed by atoms with Crippen molar-refractivity contribution in [3.8, 4) is 0 Å². The van der Waals surface area contributed by atoms with Gasteiger partial charge in [0.1, 0.15) is 4.32 Å². The fraction of sp³-hybridized carbons (Fsp3) is 0.714. The third-order valence-electron chi connectivity index (χ3n) is 1.95. The van der Waals surface area contributed by atoms with Crippen LogP contribution >= 0.6 is 24.0 Å². The molecule has 5 nitrogen and oxygen atoms in total. The van der Waals surface area contributed by atoms with Gasteiger partial charge in [0.05, 0.1) is 11.0 Å². The van der Waals surface area contributed by atoms with E-state index in [2.05, 4.69) is 0 Å². The Kier molecular flexibility index (Phi) is 4.10. The number of hydrogen-bond donors (Lipinski definition) is 1. The number of rotatable bonds is 4. The Morgan fingerprint density at radius 1 is 1.60 bits per heavy atom. The molecule has 0 aromatic heterocycles. The molecule has 0 radical (unpaired) electrons. The lowest BCUT2D eigenvalue weighted by Gasteiger charge is -2.13. The summed E-state index contributed by atoms with van der Waals surface area (Å²) in [6, 6.07) is 0. The van der Waals surface area contributed by atoms with Crippen molar-refractivity contribution >= 4 is 44.3 Å². The Labute approximate surface area is 98.0 Å². The second-order valence-corrected chi connectivity index (χ2v) is 6.47. The maximum absolute atomic E-state index is 11.6. The topological polar surface area (TPSA) is 74.7 Å². The van der Waals surface area contributed by atoms with Gasteiger partial charge in [-0.25, -0.2) is 0 Å². The van der Waals surface area contributed by atoms with Crippen LogP contribution in [-0.2, 0) is 14.9 Å². The quantitative estimate of drug-likeness (QED) is 0.592. The lowest BCUT2D eigenvalue weighted by Crippen LogP contribution is -2.35. The minimum atomic E-state index is -4.05. The van der Waals surface area contributed by atoms with Gasteiger partial charge in [-0.3, -0.25) is 14.2 Å². The SMILES string of the molecule is CC[C@H]1SC(=S)N(CCS(=O)(=O)O)C1=O. The number of nitrogens with zero attached hydrogens (tertiary/aromatic N) is 1. The standard InChI is InChI=1S/C7H11NO4S3/c1-2-5-6(9)8(7(13)14-5)3-4-15(10,11)12/h5H,2-4H2,1H3,(H,10,11,12)/t5-/m1/s1. The van der Waals surface area contributed by atoms with E-state index in [-0.39, 0.29) is 17.7 Å². The van der Waals surface area contributed by atoms with Gasteiger partial charge in [-0.2, -0.15) is 8.42 Å². The van der Waals surface area contributed by atoms with Crippen LogP contribution in [-0.4, -0.2) is 45.6 Å². The van der Waals surface area contributed by atoms with Gasteiger partial charge in [0.15, 0.2) is 0 Å². The predicted molar refractivity (Wildman–Crippen MR) is 62.4 cm³/mol. The second-order valence-electron chi connectivity index (χ2n) is 3.06. The van der Waals surface area contributed by atoms with E-state index in [0.717, 1.165) is 0 Å². The molecule has 1 aliphatic rings. The maximum Gasteiger partial charge on any atom is 0.266 e. The molecular formula is C7H11NO4S3. The van der Waals surface area contributed by atoms with E-state index < -0.39 is 15.9 Å². The molecule has 1 saturated heterocycles. The molecule has 0 saturated carbocycles. The summed E-state index contributed by atoms with van der Waals surface area (Å²) < 4.78 is 30.0. The van der Waals surface area contributed by atoms with Crippen LogP contribution in [0.2, 0.25) is 0 Å². The number of carbonyl (C=O) groups is 1. The van der Waals surface area contributed by atoms with Gasteiger partial charge in [0.25, 0.3) is 10.1 Å². The summed E-state index contributed by atoms with van der Waals surface area (Å²) in [7, 11) is -4.05. The van der Waals surface area contributed by atoms with Crippen LogP contribution in [0, 0.1) is 0 Å². The summed E-state index contributed by atoms with van der Waals surface area (Å²) in [5.74, 6) is -0.647. The van der Waals surface area contributed by atoms with Crippen LogP contribution in [0.25, 0.3) is 0 Å². The number of thiocarbonyl (C=S) groups is 1. The minimum Gasteiger partial charge on any atom is -0.296 e. The third-order valence-corrected chi connectivity index (χ3v) is 4.40. The van der Waals surface area contributed by atoms with Gasteiger partial charge in [0.2, 0.25) is 5.91 Å². The van der Waals surface area contributed by atoms with E-state index in [1.807, 2.05) is 6.92 Å². The van der Waals surface area contributed by atoms with E-state index in [0.29, 0.717) is 10.7 Å². The first-order chi connectivity index (χ1) is 6.85. The first-order valence-electron chi connectivity index (χ1n) is 4.32. The number of hydrogen-bond acceptors (Lipinski definition) is 5. The first kappa shape index (κ1) is 12.9. The van der Waals surface area contributed by atoms with Crippen molar-refractivity contribution in [3.05, 3.63) is 0 Å². The second kappa shape index (κ2) is 4.77. The summed E-state index contributed by atoms with van der Waals surface area (Å²) in [5.41, 5.74) is 0. The van der Waals surface area contributed by atoms with Gasteiger partial charge in [-0.1, -0.05) is 30.9 Å². The molecule has 0 spiro atoms. The van der Waals surface area contributed by atoms with E-state index in [9.17, 15) is 13.2 Å². The Bertz CT molecular complexity index is 378. The predicted octanol–water partition coefficient (Wildman–Crippen LogP) is 0.513. The smallest absolute Gasteiger partial charge is 0.266 e. The van der Waals surface area contributed by atoms with E-state index in [1.165, 1.54) is 16.7 Å². The molecule has 0 bridgehead atoms. The highest BCUT2D eigenvalue weighted by Gasteiger charge is 2.35. The van der Waals surface area contributed by atoms with Gasteiger partial charge >= 0.3 is 0 Å². The molecule has 0 aromatic rings. The van der Waals surface area contributed by atoms with Crippen molar-refractivity contribution in [1.29, 1.82) is 0 Å². The highest BCUT2D eigenvalue weighted by Crippen LogP contribution is 2.28. The number of amides is 1. The van der Waals surface area contributed by atoms with Crippen molar-refractivity contribution < 1.29 is 17.8 Å². The average Bonchev–Trinajstić information content (AvgIpc) is 2.37. The number of thioether (sulfide) groups is 1. The van der Waals surface area contributed by atoms with Gasteiger partial charge < -0.3 is 0 Å². The minimum absolute atomic E-state index is 0.0694. The van der Waals surface area contributed by atoms with Crippen molar-refractivity contribution in [3.63, 3.8) is 0 Å². The molecule has 1 amide bonds. The molecule has 1 aliphatic heterocycles. The van der Waals surface area contributed by atoms with Crippen LogP contribution < -0.4 is 0 Å². The molecule has 0 aromatic carbocycles. The Hall–Kier alpha value is -0.180. The lowest BCUT2D eigenvalue weighted by atomic mass is 10.3. The van der Waals surface area contributed by atoms with Crippen LogP contribution in [0.4, 0.5) is 0 Å². The molecule has 86 valence electrons. The van der Waals surface area contributed by atoms with Crippen LogP contribution in [0.1, 0.15) is 13.3 Å². The number of carbonyl (C=O) groups excluding carboxylic acids is 1. The Morgan fingerprint density at radius 3 is 2.60 bits per heavy atom. The zero-order valence-electron chi connectivity index (χ0n) is 8.04. The van der Waals surface area contributed by atoms with Gasteiger partial charge in [-0.15, -0.1) is 0 Å². The molecule has 1 N–H and O–H groups in total. The molecule has 1 rings (SSSR count). The molecule has 0 aliphatic carbocycles. The maximum atomic E-state index is 11.6. The van der Waals surface area contributed by atoms with Crippen molar-refractivity contribution in [2.75, 3.05) is 12.3 Å². The molecule has 15 heavy (non-hydrogen) atoms. The first-order valence-corrected chi connectivity index (χ1v) is 7.22. The van der Waals surface area contributed by atoms with Crippen LogP contribution in [0.3, 0.4) is 0 Å². The van der Waals surface area contributed by atoms with Crippen LogP contribution in [0.15, 0.2) is 0 Å². The molecular weight excluding hydrogens is 258 g/mol. The summed E-state index contributed by atoms with van der Waals surface area (Å²) in [6.07, 6.45) is 0.659. The molecule has 0 unspecified atom stereocenters. The summed E-state index contributed by atoms with van der Waals surface area (Å²) in [5, 5.41) is -0.209. The highest BCUT2D eigenvalue weighted by molar-refractivity contribution is 8.24. The monoisotopic (exact) mass is 269 g/mol. The van der Waals surface area contributed by atoms with E-state index in [4.69, 9.17) is 16.8 Å². The lowest BCUT2D eigenvalue weighted by molar-refractivity contribution is -0.125. The zero-order valence-corrected chi connectivity index (χ0v) is 10.5. The normalized spacial score (nSPS) is 22.5. The third kappa shape index (κ3) is 3.40. The van der Waals surface area contributed by atoms with Gasteiger partial charge in [0, 0.05) is 6.54 Å². The van der Waals surface area contributed by atoms with Gasteiger partial charge in [-0.05, 0) is 6.42 Å². The Balaban J connectivity index is 2.63. The van der Waals surface area contributed by atoms with E-state index >= 15 is 0 Å². The molecule has 1 heterocycles. The molecule has 1 atom stereocenters. The molecule has 1 fully saturated rings. The van der Waals surface area contributed by atoms with Crippen LogP contribution in [0.5, 0.6) is 0 Å². The van der Waals surface area contributed by atoms with Crippen molar-refractivity contribution in [1.82, 2.24) is 4.90 Å². The zero-order chi connectivity index (χ0) is 11.6.